The number of hydrogen-bond acceptors (Lipinski definition) is 1. The van der Waals surface area contributed by atoms with Crippen LogP contribution >= 0.6 is 15.9 Å². The molecule has 2 rings (SSSR count). The molecule has 0 unspecified atom stereocenters. The zero-order valence-corrected chi connectivity index (χ0v) is 12.1. The lowest BCUT2D eigenvalue weighted by molar-refractivity contribution is 0.262. The maximum atomic E-state index is 13.4. The Morgan fingerprint density at radius 2 is 1.75 bits per heavy atom. The molecular weight excluding hydrogens is 330 g/mol. The third-order valence-corrected chi connectivity index (χ3v) is 3.13. The number of carbonyl (C=O) groups excluding carboxylic acids is 1. The van der Waals surface area contributed by atoms with E-state index in [9.17, 15) is 13.6 Å². The van der Waals surface area contributed by atoms with E-state index in [0.717, 1.165) is 22.2 Å². The summed E-state index contributed by atoms with van der Waals surface area (Å²) in [5.74, 6) is -1.65. The van der Waals surface area contributed by atoms with Gasteiger partial charge in [0.1, 0.15) is 17.3 Å². The van der Waals surface area contributed by atoms with Crippen LogP contribution in [0.25, 0.3) is 0 Å². The van der Waals surface area contributed by atoms with Crippen molar-refractivity contribution in [2.75, 3.05) is 10.6 Å². The lowest BCUT2D eigenvalue weighted by atomic mass is 10.2. The Bertz CT molecular complexity index is 641. The van der Waals surface area contributed by atoms with Gasteiger partial charge in [-0.1, -0.05) is 22.0 Å². The predicted molar refractivity (Wildman–Crippen MR) is 77.9 cm³/mol. The van der Waals surface area contributed by atoms with E-state index in [1.54, 1.807) is 12.1 Å². The molecule has 2 amide bonds. The standard InChI is InChI=1S/C14H11BrF2N2O/c1-8-7-9(15)5-6-12(8)18-14(20)19-13-10(16)3-2-4-11(13)17/h2-7H,1H3,(H2,18,19,20). The highest BCUT2D eigenvalue weighted by molar-refractivity contribution is 9.10. The van der Waals surface area contributed by atoms with Crippen molar-refractivity contribution in [3.8, 4) is 0 Å². The van der Waals surface area contributed by atoms with Gasteiger partial charge in [-0.3, -0.25) is 0 Å². The molecule has 104 valence electrons. The van der Waals surface area contributed by atoms with Gasteiger partial charge < -0.3 is 10.6 Å². The first-order valence-electron chi connectivity index (χ1n) is 5.75. The Balaban J connectivity index is 2.13. The minimum absolute atomic E-state index is 0.472. The van der Waals surface area contributed by atoms with Gasteiger partial charge >= 0.3 is 6.03 Å². The highest BCUT2D eigenvalue weighted by atomic mass is 79.9. The normalized spacial score (nSPS) is 10.2. The van der Waals surface area contributed by atoms with E-state index < -0.39 is 23.4 Å². The van der Waals surface area contributed by atoms with Crippen LogP contribution in [0.15, 0.2) is 40.9 Å². The second-order valence-electron chi connectivity index (χ2n) is 4.14. The largest absolute Gasteiger partial charge is 0.323 e. The number of aryl methyl sites for hydroxylation is 1. The summed E-state index contributed by atoms with van der Waals surface area (Å²) in [5.41, 5.74) is 0.908. The number of carbonyl (C=O) groups is 1. The fraction of sp³-hybridized carbons (Fsp3) is 0.0714. The van der Waals surface area contributed by atoms with Crippen LogP contribution in [0.5, 0.6) is 0 Å². The molecule has 0 saturated carbocycles. The predicted octanol–water partition coefficient (Wildman–Crippen LogP) is 4.68. The van der Waals surface area contributed by atoms with Crippen LogP contribution in [-0.4, -0.2) is 6.03 Å². The zero-order chi connectivity index (χ0) is 14.7. The number of hydrogen-bond donors (Lipinski definition) is 2. The molecule has 20 heavy (non-hydrogen) atoms. The molecule has 0 fully saturated rings. The van der Waals surface area contributed by atoms with Gasteiger partial charge in [-0.25, -0.2) is 13.6 Å². The summed E-state index contributed by atoms with van der Waals surface area (Å²) in [7, 11) is 0. The van der Waals surface area contributed by atoms with Crippen molar-refractivity contribution >= 4 is 33.3 Å². The van der Waals surface area contributed by atoms with E-state index in [4.69, 9.17) is 0 Å². The number of amides is 2. The monoisotopic (exact) mass is 340 g/mol. The molecule has 0 aliphatic rings. The second-order valence-corrected chi connectivity index (χ2v) is 5.05. The first-order chi connectivity index (χ1) is 9.47. The van der Waals surface area contributed by atoms with E-state index in [2.05, 4.69) is 26.6 Å². The molecule has 0 aliphatic heterocycles. The number of urea groups is 1. The quantitative estimate of drug-likeness (QED) is 0.818. The average Bonchev–Trinajstić information content (AvgIpc) is 2.37. The van der Waals surface area contributed by atoms with Crippen LogP contribution in [-0.2, 0) is 0 Å². The van der Waals surface area contributed by atoms with E-state index >= 15 is 0 Å². The first kappa shape index (κ1) is 14.5. The summed E-state index contributed by atoms with van der Waals surface area (Å²) in [6.07, 6.45) is 0. The summed E-state index contributed by atoms with van der Waals surface area (Å²) in [6.45, 7) is 1.81. The molecule has 0 bridgehead atoms. The number of benzene rings is 2. The average molecular weight is 341 g/mol. The number of nitrogens with one attached hydrogen (secondary N) is 2. The summed E-state index contributed by atoms with van der Waals surface area (Å²) in [6, 6.07) is 7.93. The molecule has 0 heterocycles. The zero-order valence-electron chi connectivity index (χ0n) is 10.5. The van der Waals surface area contributed by atoms with Crippen LogP contribution in [0.3, 0.4) is 0 Å². The summed E-state index contributed by atoms with van der Waals surface area (Å²) in [5, 5.41) is 4.69. The minimum atomic E-state index is -0.826. The van der Waals surface area contributed by atoms with Crippen molar-refractivity contribution < 1.29 is 13.6 Å². The molecular formula is C14H11BrF2N2O. The highest BCUT2D eigenvalue weighted by Crippen LogP contribution is 2.21. The number of anilines is 2. The van der Waals surface area contributed by atoms with E-state index in [1.165, 1.54) is 6.07 Å². The Hall–Kier alpha value is -1.95. The van der Waals surface area contributed by atoms with Crippen molar-refractivity contribution in [3.63, 3.8) is 0 Å². The van der Waals surface area contributed by atoms with Gasteiger partial charge in [0, 0.05) is 10.2 Å². The van der Waals surface area contributed by atoms with Crippen molar-refractivity contribution in [3.05, 3.63) is 58.1 Å². The lowest BCUT2D eigenvalue weighted by Gasteiger charge is -2.11. The fourth-order valence-electron chi connectivity index (χ4n) is 1.65. The molecule has 0 atom stereocenters. The van der Waals surface area contributed by atoms with Crippen molar-refractivity contribution in [2.45, 2.75) is 6.92 Å². The highest BCUT2D eigenvalue weighted by Gasteiger charge is 2.12. The van der Waals surface area contributed by atoms with Crippen LogP contribution in [0.2, 0.25) is 0 Å². The molecule has 0 aliphatic carbocycles. The van der Waals surface area contributed by atoms with Gasteiger partial charge in [-0.15, -0.1) is 0 Å². The van der Waals surface area contributed by atoms with E-state index in [-0.39, 0.29) is 0 Å². The topological polar surface area (TPSA) is 41.1 Å². The van der Waals surface area contributed by atoms with Crippen LogP contribution < -0.4 is 10.6 Å². The van der Waals surface area contributed by atoms with Crippen molar-refractivity contribution in [1.82, 2.24) is 0 Å². The molecule has 2 aromatic rings. The number of rotatable bonds is 2. The molecule has 0 saturated heterocycles. The van der Waals surface area contributed by atoms with Crippen molar-refractivity contribution in [1.29, 1.82) is 0 Å². The molecule has 3 nitrogen and oxygen atoms in total. The maximum Gasteiger partial charge on any atom is 0.323 e. The summed E-state index contributed by atoms with van der Waals surface area (Å²) < 4.78 is 27.7. The fourth-order valence-corrected chi connectivity index (χ4v) is 2.13. The van der Waals surface area contributed by atoms with E-state index in [0.29, 0.717) is 5.69 Å². The molecule has 0 spiro atoms. The SMILES string of the molecule is Cc1cc(Br)ccc1NC(=O)Nc1c(F)cccc1F. The molecule has 2 aromatic carbocycles. The number of para-hydroxylation sites is 1. The smallest absolute Gasteiger partial charge is 0.307 e. The van der Waals surface area contributed by atoms with Gasteiger partial charge in [0.25, 0.3) is 0 Å². The first-order valence-corrected chi connectivity index (χ1v) is 6.55. The molecule has 6 heteroatoms. The minimum Gasteiger partial charge on any atom is -0.307 e. The summed E-state index contributed by atoms with van der Waals surface area (Å²) >= 11 is 3.31. The second kappa shape index (κ2) is 6.00. The Labute approximate surface area is 123 Å². The van der Waals surface area contributed by atoms with E-state index in [1.807, 2.05) is 13.0 Å². The van der Waals surface area contributed by atoms with Gasteiger partial charge in [-0.05, 0) is 42.8 Å². The summed E-state index contributed by atoms with van der Waals surface area (Å²) in [4.78, 5) is 11.8. The van der Waals surface area contributed by atoms with Crippen molar-refractivity contribution in [2.24, 2.45) is 0 Å². The van der Waals surface area contributed by atoms with Crippen LogP contribution in [0.1, 0.15) is 5.56 Å². The third kappa shape index (κ3) is 3.33. The Kier molecular flexibility index (Phi) is 4.34. The maximum absolute atomic E-state index is 13.4. The number of halogens is 3. The molecule has 0 aromatic heterocycles. The van der Waals surface area contributed by atoms with Gasteiger partial charge in [-0.2, -0.15) is 0 Å². The molecule has 2 N–H and O–H groups in total. The third-order valence-electron chi connectivity index (χ3n) is 2.64. The lowest BCUT2D eigenvalue weighted by Crippen LogP contribution is -2.21. The molecule has 0 radical (unpaired) electrons. The van der Waals surface area contributed by atoms with Crippen LogP contribution in [0.4, 0.5) is 25.0 Å². The van der Waals surface area contributed by atoms with Gasteiger partial charge in [0.15, 0.2) is 0 Å². The van der Waals surface area contributed by atoms with Crippen LogP contribution in [0, 0.1) is 18.6 Å². The van der Waals surface area contributed by atoms with Gasteiger partial charge in [0.2, 0.25) is 0 Å². The Morgan fingerprint density at radius 3 is 2.35 bits per heavy atom. The Morgan fingerprint density at radius 1 is 1.10 bits per heavy atom. The van der Waals surface area contributed by atoms with Gasteiger partial charge in [0.05, 0.1) is 0 Å².